The van der Waals surface area contributed by atoms with Crippen molar-refractivity contribution in [2.45, 2.75) is 65.3 Å². The van der Waals surface area contributed by atoms with E-state index < -0.39 is 35.8 Å². The van der Waals surface area contributed by atoms with E-state index in [2.05, 4.69) is 4.98 Å². The summed E-state index contributed by atoms with van der Waals surface area (Å²) < 4.78 is 31.0. The minimum atomic E-state index is -0.921. The highest BCUT2D eigenvalue weighted by Gasteiger charge is 2.52. The number of esters is 1. The summed E-state index contributed by atoms with van der Waals surface area (Å²) in [5.41, 5.74) is -1.60. The summed E-state index contributed by atoms with van der Waals surface area (Å²) in [5, 5.41) is 0. The van der Waals surface area contributed by atoms with Crippen LogP contribution in [0.15, 0.2) is 12.3 Å². The molecule has 0 N–H and O–H groups in total. The number of aromatic nitrogens is 1. The molecule has 23 heavy (non-hydrogen) atoms. The highest BCUT2D eigenvalue weighted by Crippen LogP contribution is 2.36. The lowest BCUT2D eigenvalue weighted by atomic mass is 9.79. The number of carbonyl (C=O) groups is 1. The van der Waals surface area contributed by atoms with Crippen LogP contribution in [0.1, 0.15) is 58.8 Å². The summed E-state index contributed by atoms with van der Waals surface area (Å²) in [6.45, 7) is 12.8. The van der Waals surface area contributed by atoms with Crippen LogP contribution in [-0.4, -0.2) is 34.9 Å². The molecule has 2 rings (SSSR count). The molecule has 0 saturated carbocycles. The summed E-state index contributed by atoms with van der Waals surface area (Å²) in [6, 6.07) is 1.37. The zero-order chi connectivity index (χ0) is 17.6. The molecule has 1 aliphatic rings. The molecular formula is C16H23BFNO4. The lowest BCUT2D eigenvalue weighted by Gasteiger charge is -2.32. The van der Waals surface area contributed by atoms with Crippen LogP contribution >= 0.6 is 0 Å². The molecule has 1 aliphatic heterocycles. The second-order valence-electron chi connectivity index (χ2n) is 7.69. The van der Waals surface area contributed by atoms with Crippen LogP contribution in [0.2, 0.25) is 0 Å². The average molecular weight is 323 g/mol. The molecule has 0 atom stereocenters. The molecule has 1 fully saturated rings. The molecule has 1 aromatic rings. The largest absolute Gasteiger partial charge is 0.499 e. The van der Waals surface area contributed by atoms with Gasteiger partial charge in [-0.3, -0.25) is 0 Å². The number of rotatable bonds is 2. The third-order valence-corrected chi connectivity index (χ3v) is 4.01. The van der Waals surface area contributed by atoms with Gasteiger partial charge in [0.05, 0.1) is 16.8 Å². The Bertz CT molecular complexity index is 609. The Balaban J connectivity index is 2.31. The van der Waals surface area contributed by atoms with Crippen molar-refractivity contribution in [3.8, 4) is 0 Å². The van der Waals surface area contributed by atoms with Crippen LogP contribution in [-0.2, 0) is 14.0 Å². The van der Waals surface area contributed by atoms with E-state index in [4.69, 9.17) is 14.0 Å². The van der Waals surface area contributed by atoms with Crippen LogP contribution in [0.25, 0.3) is 0 Å². The number of halogens is 1. The number of nitrogens with zero attached hydrogens (tertiary/aromatic N) is 1. The quantitative estimate of drug-likeness (QED) is 0.475. The van der Waals surface area contributed by atoms with Crippen LogP contribution in [0.4, 0.5) is 4.39 Å². The molecule has 0 aliphatic carbocycles. The molecule has 7 heteroatoms. The first-order valence-corrected chi connectivity index (χ1v) is 7.57. The van der Waals surface area contributed by atoms with E-state index in [0.29, 0.717) is 0 Å². The Morgan fingerprint density at radius 1 is 1.22 bits per heavy atom. The monoisotopic (exact) mass is 323 g/mol. The molecule has 1 aromatic heterocycles. The van der Waals surface area contributed by atoms with E-state index in [9.17, 15) is 9.18 Å². The SMILES string of the molecule is CC(C)(C)OC(=O)c1cnc(F)c(B2OC(C)(C)C(C)(C)O2)c1. The van der Waals surface area contributed by atoms with Crippen molar-refractivity contribution in [1.82, 2.24) is 4.98 Å². The predicted molar refractivity (Wildman–Crippen MR) is 85.1 cm³/mol. The van der Waals surface area contributed by atoms with E-state index in [0.717, 1.165) is 6.20 Å². The van der Waals surface area contributed by atoms with Crippen LogP contribution in [0.3, 0.4) is 0 Å². The normalized spacial score (nSPS) is 19.7. The first-order chi connectivity index (χ1) is 10.3. The van der Waals surface area contributed by atoms with Gasteiger partial charge in [0.1, 0.15) is 5.60 Å². The maximum absolute atomic E-state index is 14.1. The lowest BCUT2D eigenvalue weighted by Crippen LogP contribution is -2.41. The summed E-state index contributed by atoms with van der Waals surface area (Å²) in [7, 11) is -0.921. The van der Waals surface area contributed by atoms with E-state index in [1.54, 1.807) is 20.8 Å². The predicted octanol–water partition coefficient (Wildman–Crippen LogP) is 2.48. The Hall–Kier alpha value is -1.47. The number of carbonyl (C=O) groups excluding carboxylic acids is 1. The van der Waals surface area contributed by atoms with Gasteiger partial charge in [-0.05, 0) is 54.5 Å². The van der Waals surface area contributed by atoms with Gasteiger partial charge in [0.15, 0.2) is 0 Å². The van der Waals surface area contributed by atoms with Crippen molar-refractivity contribution in [1.29, 1.82) is 0 Å². The third kappa shape index (κ3) is 3.72. The molecule has 2 heterocycles. The number of hydrogen-bond donors (Lipinski definition) is 0. The molecule has 1 saturated heterocycles. The number of ether oxygens (including phenoxy) is 1. The van der Waals surface area contributed by atoms with Gasteiger partial charge >= 0.3 is 13.1 Å². The lowest BCUT2D eigenvalue weighted by molar-refractivity contribution is 0.00578. The van der Waals surface area contributed by atoms with Gasteiger partial charge in [-0.15, -0.1) is 0 Å². The molecule has 0 aromatic carbocycles. The summed E-state index contributed by atoms with van der Waals surface area (Å²) in [6.07, 6.45) is 1.15. The van der Waals surface area contributed by atoms with Gasteiger partial charge in [-0.1, -0.05) is 0 Å². The Morgan fingerprint density at radius 3 is 2.22 bits per heavy atom. The van der Waals surface area contributed by atoms with Gasteiger partial charge in [0.2, 0.25) is 5.95 Å². The highest BCUT2D eigenvalue weighted by molar-refractivity contribution is 6.62. The van der Waals surface area contributed by atoms with Gasteiger partial charge in [-0.25, -0.2) is 9.78 Å². The molecule has 0 bridgehead atoms. The summed E-state index contributed by atoms with van der Waals surface area (Å²) in [5.74, 6) is -1.29. The average Bonchev–Trinajstić information content (AvgIpc) is 2.56. The van der Waals surface area contributed by atoms with Crippen molar-refractivity contribution in [2.24, 2.45) is 0 Å². The van der Waals surface area contributed by atoms with Crippen LogP contribution < -0.4 is 5.46 Å². The molecule has 5 nitrogen and oxygen atoms in total. The second-order valence-corrected chi connectivity index (χ2v) is 7.69. The fraction of sp³-hybridized carbons (Fsp3) is 0.625. The molecule has 0 spiro atoms. The Labute approximate surface area is 136 Å². The third-order valence-electron chi connectivity index (χ3n) is 4.01. The minimum Gasteiger partial charge on any atom is -0.456 e. The fourth-order valence-electron chi connectivity index (χ4n) is 2.05. The number of hydrogen-bond acceptors (Lipinski definition) is 5. The van der Waals surface area contributed by atoms with Crippen molar-refractivity contribution >= 4 is 18.6 Å². The topological polar surface area (TPSA) is 57.7 Å². The van der Waals surface area contributed by atoms with E-state index in [1.165, 1.54) is 6.07 Å². The van der Waals surface area contributed by atoms with Crippen molar-refractivity contribution < 1.29 is 23.2 Å². The van der Waals surface area contributed by atoms with E-state index in [-0.39, 0.29) is 11.0 Å². The van der Waals surface area contributed by atoms with E-state index >= 15 is 0 Å². The Morgan fingerprint density at radius 2 is 1.74 bits per heavy atom. The zero-order valence-electron chi connectivity index (χ0n) is 14.7. The fourth-order valence-corrected chi connectivity index (χ4v) is 2.05. The van der Waals surface area contributed by atoms with Gasteiger partial charge in [0.25, 0.3) is 0 Å². The second kappa shape index (κ2) is 5.56. The smallest absolute Gasteiger partial charge is 0.456 e. The maximum Gasteiger partial charge on any atom is 0.499 e. The van der Waals surface area contributed by atoms with Crippen molar-refractivity contribution in [3.05, 3.63) is 23.8 Å². The van der Waals surface area contributed by atoms with Crippen LogP contribution in [0, 0.1) is 5.95 Å². The molecule has 126 valence electrons. The minimum absolute atomic E-state index is 0.0898. The van der Waals surface area contributed by atoms with Crippen LogP contribution in [0.5, 0.6) is 0 Å². The van der Waals surface area contributed by atoms with Gasteiger partial charge in [0, 0.05) is 11.7 Å². The molecular weight excluding hydrogens is 300 g/mol. The first kappa shape index (κ1) is 17.9. The maximum atomic E-state index is 14.1. The summed E-state index contributed by atoms with van der Waals surface area (Å²) in [4.78, 5) is 15.8. The summed E-state index contributed by atoms with van der Waals surface area (Å²) >= 11 is 0. The van der Waals surface area contributed by atoms with Gasteiger partial charge < -0.3 is 14.0 Å². The van der Waals surface area contributed by atoms with E-state index in [1.807, 2.05) is 27.7 Å². The molecule has 0 amide bonds. The standard InChI is InChI=1S/C16H23BFNO4/c1-14(2,3)21-13(20)10-8-11(12(18)19-9-10)17-22-15(4,5)16(6,7)23-17/h8-9H,1-7H3. The van der Waals surface area contributed by atoms with Crippen molar-refractivity contribution in [3.63, 3.8) is 0 Å². The van der Waals surface area contributed by atoms with Gasteiger partial charge in [-0.2, -0.15) is 4.39 Å². The molecule has 0 unspecified atom stereocenters. The highest BCUT2D eigenvalue weighted by atomic mass is 19.1. The Kier molecular flexibility index (Phi) is 4.32. The number of pyridine rings is 1. The zero-order valence-corrected chi connectivity index (χ0v) is 14.7. The molecule has 0 radical (unpaired) electrons. The van der Waals surface area contributed by atoms with Crippen molar-refractivity contribution in [2.75, 3.05) is 0 Å². The first-order valence-electron chi connectivity index (χ1n) is 7.57.